The molecule has 16 heavy (non-hydrogen) atoms. The van der Waals surface area contributed by atoms with E-state index in [2.05, 4.69) is 20.8 Å². The van der Waals surface area contributed by atoms with Gasteiger partial charge in [-0.15, -0.1) is 0 Å². The molecule has 3 N–H and O–H groups in total. The fraction of sp³-hybridized carbons (Fsp3) is 0.500. The standard InChI is InChI=1S/C10H14N4O2/c1-6-8(5-13-14-6)4-12-10(16)7-2-9(15)11-3-7/h5,7H,2-4H2,1H3,(H,11,15)(H,12,16)(H,13,14). The Morgan fingerprint density at radius 1 is 1.69 bits per heavy atom. The molecule has 0 aliphatic carbocycles. The lowest BCUT2D eigenvalue weighted by atomic mass is 10.1. The molecule has 6 heteroatoms. The minimum absolute atomic E-state index is 0.0559. The Morgan fingerprint density at radius 3 is 3.06 bits per heavy atom. The molecule has 1 aromatic heterocycles. The van der Waals surface area contributed by atoms with Crippen molar-refractivity contribution < 1.29 is 9.59 Å². The predicted octanol–water partition coefficient (Wildman–Crippen LogP) is -0.530. The fourth-order valence-corrected chi connectivity index (χ4v) is 1.67. The Bertz CT molecular complexity index is 413. The van der Waals surface area contributed by atoms with Gasteiger partial charge in [-0.25, -0.2) is 0 Å². The number of amides is 2. The van der Waals surface area contributed by atoms with Crippen LogP contribution in [0.3, 0.4) is 0 Å². The molecule has 1 atom stereocenters. The molecule has 0 aromatic carbocycles. The maximum Gasteiger partial charge on any atom is 0.225 e. The highest BCUT2D eigenvalue weighted by Crippen LogP contribution is 2.09. The number of carbonyl (C=O) groups is 2. The van der Waals surface area contributed by atoms with E-state index in [9.17, 15) is 9.59 Å². The molecule has 2 rings (SSSR count). The highest BCUT2D eigenvalue weighted by Gasteiger charge is 2.27. The van der Waals surface area contributed by atoms with Crippen molar-refractivity contribution in [1.82, 2.24) is 20.8 Å². The van der Waals surface area contributed by atoms with Crippen LogP contribution in [0.25, 0.3) is 0 Å². The lowest BCUT2D eigenvalue weighted by Crippen LogP contribution is -2.31. The zero-order valence-corrected chi connectivity index (χ0v) is 9.04. The van der Waals surface area contributed by atoms with Gasteiger partial charge in [0.2, 0.25) is 11.8 Å². The number of aromatic amines is 1. The summed E-state index contributed by atoms with van der Waals surface area (Å²) in [5.41, 5.74) is 1.91. The van der Waals surface area contributed by atoms with Crippen LogP contribution in [-0.4, -0.2) is 28.6 Å². The SMILES string of the molecule is Cc1[nH]ncc1CNC(=O)C1CNC(=O)C1. The summed E-state index contributed by atoms with van der Waals surface area (Å²) >= 11 is 0. The Kier molecular flexibility index (Phi) is 2.89. The molecule has 6 nitrogen and oxygen atoms in total. The summed E-state index contributed by atoms with van der Waals surface area (Å²) in [5, 5.41) is 12.1. The molecular formula is C10H14N4O2. The van der Waals surface area contributed by atoms with Crippen molar-refractivity contribution in [2.75, 3.05) is 6.54 Å². The minimum Gasteiger partial charge on any atom is -0.355 e. The average Bonchev–Trinajstić information content (AvgIpc) is 2.84. The number of hydrogen-bond donors (Lipinski definition) is 3. The van der Waals surface area contributed by atoms with E-state index in [1.165, 1.54) is 0 Å². The predicted molar refractivity (Wildman–Crippen MR) is 56.3 cm³/mol. The van der Waals surface area contributed by atoms with E-state index in [1.54, 1.807) is 6.20 Å². The van der Waals surface area contributed by atoms with Crippen LogP contribution < -0.4 is 10.6 Å². The van der Waals surface area contributed by atoms with E-state index in [4.69, 9.17) is 0 Å². The molecule has 1 aliphatic rings. The molecular weight excluding hydrogens is 208 g/mol. The molecule has 1 aliphatic heterocycles. The maximum atomic E-state index is 11.7. The van der Waals surface area contributed by atoms with E-state index in [0.717, 1.165) is 11.3 Å². The molecule has 86 valence electrons. The van der Waals surface area contributed by atoms with Gasteiger partial charge in [-0.2, -0.15) is 5.10 Å². The summed E-state index contributed by atoms with van der Waals surface area (Å²) in [7, 11) is 0. The van der Waals surface area contributed by atoms with Gasteiger partial charge in [0.05, 0.1) is 12.1 Å². The van der Waals surface area contributed by atoms with Crippen molar-refractivity contribution in [2.45, 2.75) is 19.9 Å². The summed E-state index contributed by atoms with van der Waals surface area (Å²) in [6.45, 7) is 2.79. The largest absolute Gasteiger partial charge is 0.355 e. The Morgan fingerprint density at radius 2 is 2.50 bits per heavy atom. The molecule has 0 radical (unpaired) electrons. The summed E-state index contributed by atoms with van der Waals surface area (Å²) in [6, 6.07) is 0. The first kappa shape index (κ1) is 10.7. The van der Waals surface area contributed by atoms with E-state index < -0.39 is 0 Å². The number of H-pyrrole nitrogens is 1. The van der Waals surface area contributed by atoms with Gasteiger partial charge in [-0.3, -0.25) is 14.7 Å². The Labute approximate surface area is 92.8 Å². The van der Waals surface area contributed by atoms with Crippen LogP contribution in [0.5, 0.6) is 0 Å². The highest BCUT2D eigenvalue weighted by molar-refractivity contribution is 5.89. The summed E-state index contributed by atoms with van der Waals surface area (Å²) in [5.74, 6) is -0.377. The Hall–Kier alpha value is -1.85. The van der Waals surface area contributed by atoms with Gasteiger partial charge in [0.25, 0.3) is 0 Å². The zero-order chi connectivity index (χ0) is 11.5. The molecule has 1 unspecified atom stereocenters. The smallest absolute Gasteiger partial charge is 0.225 e. The normalized spacial score (nSPS) is 19.6. The molecule has 2 heterocycles. The second kappa shape index (κ2) is 4.34. The number of carbonyl (C=O) groups excluding carboxylic acids is 2. The third-order valence-electron chi connectivity index (χ3n) is 2.74. The molecule has 2 amide bonds. The van der Waals surface area contributed by atoms with Gasteiger partial charge in [-0.1, -0.05) is 0 Å². The fourth-order valence-electron chi connectivity index (χ4n) is 1.67. The first-order valence-corrected chi connectivity index (χ1v) is 5.20. The molecule has 1 saturated heterocycles. The summed E-state index contributed by atoms with van der Waals surface area (Å²) in [6.07, 6.45) is 1.98. The highest BCUT2D eigenvalue weighted by atomic mass is 16.2. The topological polar surface area (TPSA) is 86.9 Å². The van der Waals surface area contributed by atoms with Crippen LogP contribution >= 0.6 is 0 Å². The summed E-state index contributed by atoms with van der Waals surface area (Å²) < 4.78 is 0. The lowest BCUT2D eigenvalue weighted by Gasteiger charge is -2.08. The lowest BCUT2D eigenvalue weighted by molar-refractivity contribution is -0.126. The third-order valence-corrected chi connectivity index (χ3v) is 2.74. The van der Waals surface area contributed by atoms with Crippen molar-refractivity contribution in [3.63, 3.8) is 0 Å². The van der Waals surface area contributed by atoms with Gasteiger partial charge in [0, 0.05) is 30.8 Å². The van der Waals surface area contributed by atoms with Crippen molar-refractivity contribution in [2.24, 2.45) is 5.92 Å². The number of nitrogens with one attached hydrogen (secondary N) is 3. The zero-order valence-electron chi connectivity index (χ0n) is 9.04. The Balaban J connectivity index is 1.84. The number of aryl methyl sites for hydroxylation is 1. The third kappa shape index (κ3) is 2.21. The monoisotopic (exact) mass is 222 g/mol. The van der Waals surface area contributed by atoms with Crippen LogP contribution in [0, 0.1) is 12.8 Å². The second-order valence-corrected chi connectivity index (χ2v) is 3.94. The van der Waals surface area contributed by atoms with Crippen molar-refractivity contribution in [3.05, 3.63) is 17.5 Å². The van der Waals surface area contributed by atoms with E-state index in [-0.39, 0.29) is 24.2 Å². The van der Waals surface area contributed by atoms with E-state index in [1.807, 2.05) is 6.92 Å². The molecule has 0 bridgehead atoms. The van der Waals surface area contributed by atoms with Crippen LogP contribution in [0.2, 0.25) is 0 Å². The van der Waals surface area contributed by atoms with Gasteiger partial charge < -0.3 is 10.6 Å². The van der Waals surface area contributed by atoms with Gasteiger partial charge >= 0.3 is 0 Å². The number of rotatable bonds is 3. The van der Waals surface area contributed by atoms with Crippen LogP contribution in [0.1, 0.15) is 17.7 Å². The quantitative estimate of drug-likeness (QED) is 0.642. The van der Waals surface area contributed by atoms with Crippen molar-refractivity contribution >= 4 is 11.8 Å². The molecule has 1 aromatic rings. The first-order chi connectivity index (χ1) is 7.66. The van der Waals surface area contributed by atoms with Crippen molar-refractivity contribution in [3.8, 4) is 0 Å². The van der Waals surface area contributed by atoms with Gasteiger partial charge in [0.1, 0.15) is 0 Å². The van der Waals surface area contributed by atoms with Crippen LogP contribution in [-0.2, 0) is 16.1 Å². The van der Waals surface area contributed by atoms with E-state index in [0.29, 0.717) is 13.1 Å². The minimum atomic E-state index is -0.236. The first-order valence-electron chi connectivity index (χ1n) is 5.20. The van der Waals surface area contributed by atoms with Gasteiger partial charge in [-0.05, 0) is 6.92 Å². The number of aromatic nitrogens is 2. The number of hydrogen-bond acceptors (Lipinski definition) is 3. The molecule has 1 fully saturated rings. The average molecular weight is 222 g/mol. The molecule has 0 spiro atoms. The second-order valence-electron chi connectivity index (χ2n) is 3.94. The van der Waals surface area contributed by atoms with Gasteiger partial charge in [0.15, 0.2) is 0 Å². The number of nitrogens with zero attached hydrogens (tertiary/aromatic N) is 1. The van der Waals surface area contributed by atoms with Crippen LogP contribution in [0.15, 0.2) is 6.20 Å². The van der Waals surface area contributed by atoms with Crippen molar-refractivity contribution in [1.29, 1.82) is 0 Å². The molecule has 0 saturated carbocycles. The van der Waals surface area contributed by atoms with E-state index >= 15 is 0 Å². The maximum absolute atomic E-state index is 11.7. The van der Waals surface area contributed by atoms with Crippen LogP contribution in [0.4, 0.5) is 0 Å². The summed E-state index contributed by atoms with van der Waals surface area (Å²) in [4.78, 5) is 22.6.